The quantitative estimate of drug-likeness (QED) is 0.514. The van der Waals surface area contributed by atoms with E-state index in [1.54, 1.807) is 0 Å². The molecule has 0 saturated carbocycles. The van der Waals surface area contributed by atoms with Crippen LogP contribution >= 0.6 is 0 Å². The fraction of sp³-hybridized carbons (Fsp3) is 0.143. The van der Waals surface area contributed by atoms with Crippen LogP contribution in [0.25, 0.3) is 0 Å². The molecule has 20 heavy (non-hydrogen) atoms. The van der Waals surface area contributed by atoms with Crippen molar-refractivity contribution in [2.45, 2.75) is 12.5 Å². The van der Waals surface area contributed by atoms with Crippen molar-refractivity contribution < 1.29 is 17.6 Å². The fourth-order valence-corrected chi connectivity index (χ4v) is 1.96. The van der Waals surface area contributed by atoms with Crippen molar-refractivity contribution in [3.8, 4) is 0 Å². The number of hydrogen-bond acceptors (Lipinski definition) is 2. The molecular weight excluding hydrogens is 272 g/mol. The lowest BCUT2D eigenvalue weighted by Gasteiger charge is -2.17. The van der Waals surface area contributed by atoms with E-state index in [0.29, 0.717) is 0 Å². The summed E-state index contributed by atoms with van der Waals surface area (Å²) in [5, 5.41) is 0. The SMILES string of the molecule is NNC(Cc1cc(F)ccc1F)c1cc(F)ccc1F. The number of benzene rings is 2. The van der Waals surface area contributed by atoms with Gasteiger partial charge in [-0.1, -0.05) is 0 Å². The van der Waals surface area contributed by atoms with Crippen LogP contribution in [0, 0.1) is 23.3 Å². The monoisotopic (exact) mass is 284 g/mol. The molecule has 0 heterocycles. The molecule has 3 N–H and O–H groups in total. The van der Waals surface area contributed by atoms with Crippen molar-refractivity contribution in [3.63, 3.8) is 0 Å². The number of hydrogen-bond donors (Lipinski definition) is 2. The Balaban J connectivity index is 2.33. The van der Waals surface area contributed by atoms with E-state index >= 15 is 0 Å². The smallest absolute Gasteiger partial charge is 0.128 e. The third-order valence-corrected chi connectivity index (χ3v) is 2.97. The summed E-state index contributed by atoms with van der Waals surface area (Å²) in [5.74, 6) is 2.74. The van der Waals surface area contributed by atoms with E-state index in [1.807, 2.05) is 0 Å². The van der Waals surface area contributed by atoms with Gasteiger partial charge in [0.1, 0.15) is 23.3 Å². The van der Waals surface area contributed by atoms with E-state index in [2.05, 4.69) is 5.43 Å². The minimum absolute atomic E-state index is 0.0246. The summed E-state index contributed by atoms with van der Waals surface area (Å²) >= 11 is 0. The maximum absolute atomic E-state index is 13.7. The Labute approximate surface area is 113 Å². The van der Waals surface area contributed by atoms with Crippen LogP contribution in [0.1, 0.15) is 17.2 Å². The van der Waals surface area contributed by atoms with Gasteiger partial charge in [0.15, 0.2) is 0 Å². The van der Waals surface area contributed by atoms with Crippen molar-refractivity contribution in [1.82, 2.24) is 5.43 Å². The van der Waals surface area contributed by atoms with E-state index in [9.17, 15) is 17.6 Å². The molecule has 1 unspecified atom stereocenters. The third-order valence-electron chi connectivity index (χ3n) is 2.97. The maximum Gasteiger partial charge on any atom is 0.128 e. The maximum atomic E-state index is 13.7. The summed E-state index contributed by atoms with van der Waals surface area (Å²) in [6.45, 7) is 0. The number of hydrazine groups is 1. The van der Waals surface area contributed by atoms with Crippen molar-refractivity contribution in [1.29, 1.82) is 0 Å². The molecule has 0 saturated heterocycles. The van der Waals surface area contributed by atoms with Gasteiger partial charge < -0.3 is 0 Å². The standard InChI is InChI=1S/C14H12F4N2/c15-9-1-3-12(17)8(5-9)6-14(20-19)11-7-10(16)2-4-13(11)18/h1-5,7,14,20H,6,19H2. The lowest BCUT2D eigenvalue weighted by atomic mass is 9.98. The zero-order valence-electron chi connectivity index (χ0n) is 10.3. The molecule has 6 heteroatoms. The zero-order chi connectivity index (χ0) is 14.7. The van der Waals surface area contributed by atoms with Gasteiger partial charge in [-0.25, -0.2) is 17.6 Å². The van der Waals surface area contributed by atoms with Crippen molar-refractivity contribution >= 4 is 0 Å². The van der Waals surface area contributed by atoms with Crippen LogP contribution in [0.5, 0.6) is 0 Å². The average Bonchev–Trinajstić information content (AvgIpc) is 2.42. The molecule has 2 aromatic carbocycles. The first-order chi connectivity index (χ1) is 9.51. The van der Waals surface area contributed by atoms with Crippen molar-refractivity contribution in [2.75, 3.05) is 0 Å². The van der Waals surface area contributed by atoms with E-state index in [4.69, 9.17) is 5.84 Å². The van der Waals surface area contributed by atoms with Gasteiger partial charge in [0.25, 0.3) is 0 Å². The highest BCUT2D eigenvalue weighted by atomic mass is 19.1. The molecule has 0 bridgehead atoms. The summed E-state index contributed by atoms with van der Waals surface area (Å²) in [7, 11) is 0. The molecule has 0 aromatic heterocycles. The molecular formula is C14H12F4N2. The van der Waals surface area contributed by atoms with E-state index in [-0.39, 0.29) is 17.5 Å². The van der Waals surface area contributed by atoms with Gasteiger partial charge in [-0.15, -0.1) is 0 Å². The topological polar surface area (TPSA) is 38.0 Å². The summed E-state index contributed by atoms with van der Waals surface area (Å²) in [4.78, 5) is 0. The molecule has 2 aromatic rings. The van der Waals surface area contributed by atoms with Gasteiger partial charge in [0.05, 0.1) is 6.04 Å². The number of nitrogens with two attached hydrogens (primary N) is 1. The Morgan fingerprint density at radius 1 is 0.900 bits per heavy atom. The fourth-order valence-electron chi connectivity index (χ4n) is 1.96. The van der Waals surface area contributed by atoms with E-state index < -0.39 is 29.3 Å². The summed E-state index contributed by atoms with van der Waals surface area (Å²) in [6, 6.07) is 4.97. The first kappa shape index (κ1) is 14.5. The number of nitrogens with one attached hydrogen (secondary N) is 1. The lowest BCUT2D eigenvalue weighted by Crippen LogP contribution is -2.30. The van der Waals surface area contributed by atoms with Gasteiger partial charge in [0.2, 0.25) is 0 Å². The Kier molecular flexibility index (Phi) is 4.36. The molecule has 0 amide bonds. The van der Waals surface area contributed by atoms with Crippen molar-refractivity contribution in [2.24, 2.45) is 5.84 Å². The second kappa shape index (κ2) is 6.02. The lowest BCUT2D eigenvalue weighted by molar-refractivity contribution is 0.490. The van der Waals surface area contributed by atoms with Gasteiger partial charge >= 0.3 is 0 Å². The molecule has 0 fully saturated rings. The molecule has 0 spiro atoms. The second-order valence-corrected chi connectivity index (χ2v) is 4.32. The molecule has 0 aliphatic carbocycles. The zero-order valence-corrected chi connectivity index (χ0v) is 10.3. The van der Waals surface area contributed by atoms with Gasteiger partial charge in [-0.3, -0.25) is 11.3 Å². The molecule has 2 nitrogen and oxygen atoms in total. The van der Waals surface area contributed by atoms with E-state index in [0.717, 1.165) is 36.4 Å². The summed E-state index contributed by atoms with van der Waals surface area (Å²) in [6.07, 6.45) is -0.111. The number of halogens is 4. The second-order valence-electron chi connectivity index (χ2n) is 4.32. The summed E-state index contributed by atoms with van der Waals surface area (Å²) < 4.78 is 53.5. The van der Waals surface area contributed by atoms with Crippen LogP contribution < -0.4 is 11.3 Å². The van der Waals surface area contributed by atoms with Crippen LogP contribution in [-0.4, -0.2) is 0 Å². The highest BCUT2D eigenvalue weighted by Gasteiger charge is 2.18. The van der Waals surface area contributed by atoms with Gasteiger partial charge in [-0.05, 0) is 48.4 Å². The average molecular weight is 284 g/mol. The highest BCUT2D eigenvalue weighted by molar-refractivity contribution is 5.26. The third kappa shape index (κ3) is 3.15. The first-order valence-corrected chi connectivity index (χ1v) is 5.86. The summed E-state index contributed by atoms with van der Waals surface area (Å²) in [5.41, 5.74) is 2.27. The predicted octanol–water partition coefficient (Wildman–Crippen LogP) is 2.99. The van der Waals surface area contributed by atoms with Gasteiger partial charge in [-0.2, -0.15) is 0 Å². The normalized spacial score (nSPS) is 12.4. The molecule has 0 aliphatic rings. The van der Waals surface area contributed by atoms with Crippen LogP contribution in [0.3, 0.4) is 0 Å². The Morgan fingerprint density at radius 3 is 2.15 bits per heavy atom. The van der Waals surface area contributed by atoms with Gasteiger partial charge in [0, 0.05) is 5.56 Å². The Bertz CT molecular complexity index is 616. The van der Waals surface area contributed by atoms with Crippen molar-refractivity contribution in [3.05, 3.63) is 70.8 Å². The molecule has 0 radical (unpaired) electrons. The molecule has 0 aliphatic heterocycles. The highest BCUT2D eigenvalue weighted by Crippen LogP contribution is 2.23. The van der Waals surface area contributed by atoms with Crippen LogP contribution in [0.4, 0.5) is 17.6 Å². The first-order valence-electron chi connectivity index (χ1n) is 5.86. The minimum atomic E-state index is -0.873. The Hall–Kier alpha value is -1.92. The molecule has 1 atom stereocenters. The molecule has 106 valence electrons. The number of rotatable bonds is 4. The largest absolute Gasteiger partial charge is 0.271 e. The van der Waals surface area contributed by atoms with Crippen LogP contribution in [0.15, 0.2) is 36.4 Å². The Morgan fingerprint density at radius 2 is 1.50 bits per heavy atom. The van der Waals surface area contributed by atoms with Crippen LogP contribution in [-0.2, 0) is 6.42 Å². The molecule has 2 rings (SSSR count). The predicted molar refractivity (Wildman–Crippen MR) is 66.5 cm³/mol. The van der Waals surface area contributed by atoms with Crippen LogP contribution in [0.2, 0.25) is 0 Å². The van der Waals surface area contributed by atoms with E-state index in [1.165, 1.54) is 0 Å². The minimum Gasteiger partial charge on any atom is -0.271 e.